The Hall–Kier alpha value is -4.11. The summed E-state index contributed by atoms with van der Waals surface area (Å²) in [6.45, 7) is 0. The van der Waals surface area contributed by atoms with Crippen LogP contribution in [-0.4, -0.2) is 0 Å². The van der Waals surface area contributed by atoms with Crippen molar-refractivity contribution >= 4 is 0 Å². The highest BCUT2D eigenvalue weighted by Gasteiger charge is 2.18. The molecule has 0 spiro atoms. The van der Waals surface area contributed by atoms with Gasteiger partial charge in [0.25, 0.3) is 0 Å². The highest BCUT2D eigenvalue weighted by Crippen LogP contribution is 2.39. The molecule has 0 saturated heterocycles. The normalized spacial score (nSPS) is 10.9. The van der Waals surface area contributed by atoms with E-state index in [-0.39, 0.29) is 11.6 Å². The van der Waals surface area contributed by atoms with Crippen LogP contribution in [0.4, 0.5) is 13.2 Å². The van der Waals surface area contributed by atoms with Crippen molar-refractivity contribution in [1.29, 1.82) is 0 Å². The van der Waals surface area contributed by atoms with Crippen LogP contribution in [0.2, 0.25) is 0 Å². The molecular weight excluding hydrogens is 417 g/mol. The van der Waals surface area contributed by atoms with Crippen LogP contribution < -0.4 is 0 Å². The monoisotopic (exact) mass is 436 g/mol. The van der Waals surface area contributed by atoms with E-state index in [4.69, 9.17) is 0 Å². The Morgan fingerprint density at radius 2 is 0.758 bits per heavy atom. The first-order chi connectivity index (χ1) is 16.1. The second kappa shape index (κ2) is 8.79. The maximum absolute atomic E-state index is 15.9. The van der Waals surface area contributed by atoms with Gasteiger partial charge in [-0.3, -0.25) is 0 Å². The lowest BCUT2D eigenvalue weighted by Crippen LogP contribution is -1.95. The lowest BCUT2D eigenvalue weighted by Gasteiger charge is -2.16. The first-order valence-electron chi connectivity index (χ1n) is 10.6. The maximum atomic E-state index is 15.9. The predicted octanol–water partition coefficient (Wildman–Crippen LogP) is 8.77. The van der Waals surface area contributed by atoms with Gasteiger partial charge < -0.3 is 0 Å². The molecule has 0 atom stereocenters. The van der Waals surface area contributed by atoms with Gasteiger partial charge in [0, 0.05) is 11.1 Å². The Bertz CT molecular complexity index is 1390. The minimum Gasteiger partial charge on any atom is -0.207 e. The van der Waals surface area contributed by atoms with Crippen molar-refractivity contribution in [1.82, 2.24) is 0 Å². The molecule has 0 aromatic heterocycles. The minimum absolute atomic E-state index is 0.360. The summed E-state index contributed by atoms with van der Waals surface area (Å²) >= 11 is 0. The fourth-order valence-corrected chi connectivity index (χ4v) is 4.04. The van der Waals surface area contributed by atoms with Crippen LogP contribution in [0.1, 0.15) is 0 Å². The summed E-state index contributed by atoms with van der Waals surface area (Å²) in [4.78, 5) is 0. The van der Waals surface area contributed by atoms with Crippen molar-refractivity contribution in [2.45, 2.75) is 0 Å². The van der Waals surface area contributed by atoms with Crippen molar-refractivity contribution in [3.05, 3.63) is 133 Å². The van der Waals surface area contributed by atoms with Gasteiger partial charge in [-0.2, -0.15) is 0 Å². The Labute approximate surface area is 190 Å². The van der Waals surface area contributed by atoms with E-state index in [2.05, 4.69) is 0 Å². The van der Waals surface area contributed by atoms with Gasteiger partial charge >= 0.3 is 0 Å². The van der Waals surface area contributed by atoms with E-state index in [1.165, 1.54) is 24.3 Å². The van der Waals surface area contributed by atoms with E-state index in [9.17, 15) is 8.78 Å². The number of halogens is 3. The quantitative estimate of drug-likeness (QED) is 0.264. The molecule has 33 heavy (non-hydrogen) atoms. The van der Waals surface area contributed by atoms with Crippen LogP contribution in [0.15, 0.2) is 115 Å². The van der Waals surface area contributed by atoms with Crippen LogP contribution in [0.3, 0.4) is 0 Å². The molecule has 5 rings (SSSR count). The molecular formula is C30H19F3. The van der Waals surface area contributed by atoms with Gasteiger partial charge in [-0.05, 0) is 57.6 Å². The van der Waals surface area contributed by atoms with Crippen LogP contribution in [-0.2, 0) is 0 Å². The molecule has 0 heterocycles. The molecule has 0 aliphatic carbocycles. The second-order valence-electron chi connectivity index (χ2n) is 7.81. The molecule has 0 amide bonds. The van der Waals surface area contributed by atoms with E-state index < -0.39 is 5.82 Å². The standard InChI is InChI=1S/C30H19F3/c31-25-14-10-23(11-15-25)28-19-18-27(29(30(28)33)24-12-16-26(32)17-13-24)22-8-6-21(7-9-22)20-4-2-1-3-5-20/h1-19H. The van der Waals surface area contributed by atoms with Crippen molar-refractivity contribution in [2.24, 2.45) is 0 Å². The third-order valence-corrected chi connectivity index (χ3v) is 5.73. The van der Waals surface area contributed by atoms with Gasteiger partial charge in [-0.15, -0.1) is 0 Å². The van der Waals surface area contributed by atoms with Crippen molar-refractivity contribution in [3.63, 3.8) is 0 Å². The Morgan fingerprint density at radius 3 is 1.36 bits per heavy atom. The van der Waals surface area contributed by atoms with Crippen LogP contribution in [0.5, 0.6) is 0 Å². The van der Waals surface area contributed by atoms with Gasteiger partial charge in [0.05, 0.1) is 0 Å². The summed E-state index contributed by atoms with van der Waals surface area (Å²) < 4.78 is 42.9. The molecule has 0 fully saturated rings. The molecule has 3 heteroatoms. The predicted molar refractivity (Wildman–Crippen MR) is 128 cm³/mol. The summed E-state index contributed by atoms with van der Waals surface area (Å²) in [5.74, 6) is -1.20. The summed E-state index contributed by atoms with van der Waals surface area (Å²) in [7, 11) is 0. The second-order valence-corrected chi connectivity index (χ2v) is 7.81. The van der Waals surface area contributed by atoms with Crippen molar-refractivity contribution in [2.75, 3.05) is 0 Å². The molecule has 160 valence electrons. The molecule has 0 radical (unpaired) electrons. The van der Waals surface area contributed by atoms with Crippen LogP contribution in [0, 0.1) is 17.5 Å². The van der Waals surface area contributed by atoms with Crippen molar-refractivity contribution in [3.8, 4) is 44.5 Å². The summed E-state index contributed by atoms with van der Waals surface area (Å²) in [6, 6.07) is 33.0. The fraction of sp³-hybridized carbons (Fsp3) is 0. The third-order valence-electron chi connectivity index (χ3n) is 5.73. The molecule has 5 aromatic carbocycles. The topological polar surface area (TPSA) is 0 Å². The summed E-state index contributed by atoms with van der Waals surface area (Å²) in [5.41, 5.74) is 5.58. The molecule has 0 unspecified atom stereocenters. The average molecular weight is 436 g/mol. The van der Waals surface area contributed by atoms with E-state index in [0.717, 1.165) is 16.7 Å². The van der Waals surface area contributed by atoms with Crippen LogP contribution in [0.25, 0.3) is 44.5 Å². The SMILES string of the molecule is Fc1ccc(-c2ccc(-c3ccc(-c4ccccc4)cc3)c(-c3ccc(F)cc3)c2F)cc1. The number of rotatable bonds is 4. The smallest absolute Gasteiger partial charge is 0.139 e. The van der Waals surface area contributed by atoms with Gasteiger partial charge in [-0.1, -0.05) is 91.0 Å². The molecule has 0 N–H and O–H groups in total. The molecule has 0 nitrogen and oxygen atoms in total. The fourth-order valence-electron chi connectivity index (χ4n) is 4.04. The first kappa shape index (κ1) is 20.8. The Kier molecular flexibility index (Phi) is 5.54. The number of hydrogen-bond donors (Lipinski definition) is 0. The molecule has 0 bridgehead atoms. The average Bonchev–Trinajstić information content (AvgIpc) is 2.86. The lowest BCUT2D eigenvalue weighted by atomic mass is 9.89. The van der Waals surface area contributed by atoms with E-state index in [1.807, 2.05) is 60.7 Å². The zero-order chi connectivity index (χ0) is 22.8. The molecule has 5 aromatic rings. The zero-order valence-corrected chi connectivity index (χ0v) is 17.6. The van der Waals surface area contributed by atoms with Gasteiger partial charge in [0.15, 0.2) is 0 Å². The van der Waals surface area contributed by atoms with Gasteiger partial charge in [-0.25, -0.2) is 13.2 Å². The number of benzene rings is 5. The van der Waals surface area contributed by atoms with Crippen molar-refractivity contribution < 1.29 is 13.2 Å². The summed E-state index contributed by atoms with van der Waals surface area (Å²) in [6.07, 6.45) is 0. The van der Waals surface area contributed by atoms with E-state index in [1.54, 1.807) is 30.3 Å². The third kappa shape index (κ3) is 4.18. The minimum atomic E-state index is -0.433. The van der Waals surface area contributed by atoms with E-state index in [0.29, 0.717) is 27.8 Å². The Morgan fingerprint density at radius 1 is 0.333 bits per heavy atom. The maximum Gasteiger partial charge on any atom is 0.139 e. The molecule has 0 aliphatic rings. The molecule has 0 aliphatic heterocycles. The highest BCUT2D eigenvalue weighted by molar-refractivity contribution is 5.88. The zero-order valence-electron chi connectivity index (χ0n) is 17.6. The van der Waals surface area contributed by atoms with Gasteiger partial charge in [0.2, 0.25) is 0 Å². The lowest BCUT2D eigenvalue weighted by molar-refractivity contribution is 0.625. The highest BCUT2D eigenvalue weighted by atomic mass is 19.1. The van der Waals surface area contributed by atoms with Crippen LogP contribution >= 0.6 is 0 Å². The largest absolute Gasteiger partial charge is 0.207 e. The summed E-state index contributed by atoms with van der Waals surface area (Å²) in [5, 5.41) is 0. The van der Waals surface area contributed by atoms with E-state index >= 15 is 4.39 Å². The molecule has 0 saturated carbocycles. The van der Waals surface area contributed by atoms with Gasteiger partial charge in [0.1, 0.15) is 17.5 Å². The Balaban J connectivity index is 1.66. The first-order valence-corrected chi connectivity index (χ1v) is 10.6. The number of hydrogen-bond acceptors (Lipinski definition) is 0.